The average molecular weight is 317 g/mol. The van der Waals surface area contributed by atoms with Gasteiger partial charge in [-0.25, -0.2) is 4.98 Å². The first-order valence-corrected chi connectivity index (χ1v) is 7.63. The highest BCUT2D eigenvalue weighted by atomic mass is 16.3. The Morgan fingerprint density at radius 1 is 1.43 bits per heavy atom. The van der Waals surface area contributed by atoms with Gasteiger partial charge >= 0.3 is 0 Å². The third-order valence-corrected chi connectivity index (χ3v) is 3.50. The monoisotopic (exact) mass is 317 g/mol. The zero-order valence-electron chi connectivity index (χ0n) is 14.2. The second-order valence-corrected chi connectivity index (χ2v) is 6.78. The zero-order valence-corrected chi connectivity index (χ0v) is 14.2. The Morgan fingerprint density at radius 3 is 2.65 bits per heavy atom. The SMILES string of the molecule is Cc1nc(C(C)(C)C)[nH]c(=O)c1C(=O)N[C@H](C)Cc1ccco1. The normalized spacial score (nSPS) is 12.9. The van der Waals surface area contributed by atoms with E-state index in [9.17, 15) is 9.59 Å². The summed E-state index contributed by atoms with van der Waals surface area (Å²) in [6.45, 7) is 9.40. The lowest BCUT2D eigenvalue weighted by Crippen LogP contribution is -2.39. The predicted octanol–water partition coefficient (Wildman–Crippen LogP) is 2.33. The Labute approximate surface area is 135 Å². The van der Waals surface area contributed by atoms with Crippen molar-refractivity contribution in [2.24, 2.45) is 0 Å². The van der Waals surface area contributed by atoms with Crippen LogP contribution in [0.15, 0.2) is 27.6 Å². The second-order valence-electron chi connectivity index (χ2n) is 6.78. The van der Waals surface area contributed by atoms with Crippen LogP contribution in [0.2, 0.25) is 0 Å². The topological polar surface area (TPSA) is 88.0 Å². The lowest BCUT2D eigenvalue weighted by Gasteiger charge is -2.19. The summed E-state index contributed by atoms with van der Waals surface area (Å²) in [7, 11) is 0. The number of H-pyrrole nitrogens is 1. The maximum Gasteiger partial charge on any atom is 0.264 e. The van der Waals surface area contributed by atoms with E-state index in [4.69, 9.17) is 4.42 Å². The van der Waals surface area contributed by atoms with Gasteiger partial charge in [-0.15, -0.1) is 0 Å². The van der Waals surface area contributed by atoms with Crippen molar-refractivity contribution < 1.29 is 9.21 Å². The van der Waals surface area contributed by atoms with Gasteiger partial charge < -0.3 is 14.7 Å². The summed E-state index contributed by atoms with van der Waals surface area (Å²) < 4.78 is 5.26. The number of carbonyl (C=O) groups excluding carboxylic acids is 1. The number of aromatic nitrogens is 2. The van der Waals surface area contributed by atoms with Crippen LogP contribution in [0.4, 0.5) is 0 Å². The van der Waals surface area contributed by atoms with E-state index in [-0.39, 0.29) is 17.0 Å². The molecule has 124 valence electrons. The molecule has 2 heterocycles. The number of carbonyl (C=O) groups is 1. The molecule has 6 heteroatoms. The molecular formula is C17H23N3O3. The molecule has 0 radical (unpaired) electrons. The fourth-order valence-corrected chi connectivity index (χ4v) is 2.29. The van der Waals surface area contributed by atoms with Crippen molar-refractivity contribution in [1.82, 2.24) is 15.3 Å². The molecule has 2 aromatic rings. The summed E-state index contributed by atoms with van der Waals surface area (Å²) in [6, 6.07) is 3.49. The molecule has 1 amide bonds. The molecule has 1 atom stereocenters. The molecule has 0 aliphatic heterocycles. The Morgan fingerprint density at radius 2 is 2.13 bits per heavy atom. The number of aromatic amines is 1. The van der Waals surface area contributed by atoms with E-state index in [1.807, 2.05) is 33.8 Å². The number of rotatable bonds is 4. The minimum atomic E-state index is -0.421. The van der Waals surface area contributed by atoms with E-state index in [0.717, 1.165) is 5.76 Å². The number of aryl methyl sites for hydroxylation is 1. The quantitative estimate of drug-likeness (QED) is 0.906. The first-order chi connectivity index (χ1) is 10.7. The fourth-order valence-electron chi connectivity index (χ4n) is 2.29. The molecule has 0 fully saturated rings. The largest absolute Gasteiger partial charge is 0.469 e. The van der Waals surface area contributed by atoms with Crippen molar-refractivity contribution in [1.29, 1.82) is 0 Å². The van der Waals surface area contributed by atoms with Gasteiger partial charge in [-0.05, 0) is 26.0 Å². The van der Waals surface area contributed by atoms with Crippen LogP contribution >= 0.6 is 0 Å². The van der Waals surface area contributed by atoms with Crippen LogP contribution in [0.5, 0.6) is 0 Å². The highest BCUT2D eigenvalue weighted by Crippen LogP contribution is 2.17. The Balaban J connectivity index is 2.18. The molecule has 6 nitrogen and oxygen atoms in total. The van der Waals surface area contributed by atoms with Crippen LogP contribution in [0.1, 0.15) is 55.3 Å². The first-order valence-electron chi connectivity index (χ1n) is 7.63. The smallest absolute Gasteiger partial charge is 0.264 e. The summed E-state index contributed by atoms with van der Waals surface area (Å²) in [6.07, 6.45) is 2.15. The van der Waals surface area contributed by atoms with E-state index < -0.39 is 11.5 Å². The summed E-state index contributed by atoms with van der Waals surface area (Å²) in [4.78, 5) is 31.7. The number of hydrogen-bond donors (Lipinski definition) is 2. The van der Waals surface area contributed by atoms with Crippen LogP contribution in [0, 0.1) is 6.92 Å². The van der Waals surface area contributed by atoms with Crippen molar-refractivity contribution >= 4 is 5.91 Å². The first kappa shape index (κ1) is 17.0. The number of amides is 1. The highest BCUT2D eigenvalue weighted by Gasteiger charge is 2.23. The van der Waals surface area contributed by atoms with Gasteiger partial charge in [-0.1, -0.05) is 20.8 Å². The number of hydrogen-bond acceptors (Lipinski definition) is 4. The third kappa shape index (κ3) is 4.09. The summed E-state index contributed by atoms with van der Waals surface area (Å²) in [5.41, 5.74) is -0.207. The fraction of sp³-hybridized carbons (Fsp3) is 0.471. The number of nitrogens with one attached hydrogen (secondary N) is 2. The Kier molecular flexibility index (Phi) is 4.73. The predicted molar refractivity (Wildman–Crippen MR) is 87.6 cm³/mol. The molecule has 0 bridgehead atoms. The average Bonchev–Trinajstić information content (AvgIpc) is 2.89. The molecule has 0 aliphatic rings. The van der Waals surface area contributed by atoms with Gasteiger partial charge in [0.15, 0.2) is 0 Å². The lowest BCUT2D eigenvalue weighted by molar-refractivity contribution is 0.0936. The van der Waals surface area contributed by atoms with Crippen molar-refractivity contribution in [3.05, 3.63) is 51.6 Å². The lowest BCUT2D eigenvalue weighted by atomic mass is 9.95. The minimum absolute atomic E-state index is 0.0595. The highest BCUT2D eigenvalue weighted by molar-refractivity contribution is 5.95. The van der Waals surface area contributed by atoms with Crippen LogP contribution < -0.4 is 10.9 Å². The third-order valence-electron chi connectivity index (χ3n) is 3.50. The summed E-state index contributed by atoms with van der Waals surface area (Å²) >= 11 is 0. The molecule has 0 aromatic carbocycles. The van der Waals surface area contributed by atoms with Crippen LogP contribution in [-0.4, -0.2) is 21.9 Å². The molecule has 2 N–H and O–H groups in total. The van der Waals surface area contributed by atoms with E-state index >= 15 is 0 Å². The molecule has 2 aromatic heterocycles. The van der Waals surface area contributed by atoms with Crippen LogP contribution in [0.3, 0.4) is 0 Å². The molecule has 0 spiro atoms. The van der Waals surface area contributed by atoms with Gasteiger partial charge in [-0.3, -0.25) is 9.59 Å². The maximum atomic E-state index is 12.4. The molecule has 0 unspecified atom stereocenters. The van der Waals surface area contributed by atoms with Gasteiger partial charge in [0.25, 0.3) is 11.5 Å². The van der Waals surface area contributed by atoms with E-state index in [2.05, 4.69) is 15.3 Å². The minimum Gasteiger partial charge on any atom is -0.469 e. The van der Waals surface area contributed by atoms with E-state index in [1.165, 1.54) is 0 Å². The van der Waals surface area contributed by atoms with Crippen molar-refractivity contribution in [2.45, 2.75) is 52.5 Å². The standard InChI is InChI=1S/C17H23N3O3/c1-10(9-12-7-6-8-23-12)18-14(21)13-11(2)19-16(17(3,4)5)20-15(13)22/h6-8,10H,9H2,1-5H3,(H,18,21)(H,19,20,22)/t10-/m1/s1. The molecule has 23 heavy (non-hydrogen) atoms. The van der Waals surface area contributed by atoms with Gasteiger partial charge in [0, 0.05) is 17.9 Å². The second kappa shape index (κ2) is 6.40. The van der Waals surface area contributed by atoms with Crippen LogP contribution in [-0.2, 0) is 11.8 Å². The molecular weight excluding hydrogens is 294 g/mol. The van der Waals surface area contributed by atoms with Crippen molar-refractivity contribution in [2.75, 3.05) is 0 Å². The summed E-state index contributed by atoms with van der Waals surface area (Å²) in [5, 5.41) is 2.82. The molecule has 0 aliphatic carbocycles. The van der Waals surface area contributed by atoms with Gasteiger partial charge in [0.2, 0.25) is 0 Å². The van der Waals surface area contributed by atoms with Crippen LogP contribution in [0.25, 0.3) is 0 Å². The van der Waals surface area contributed by atoms with E-state index in [1.54, 1.807) is 19.3 Å². The maximum absolute atomic E-state index is 12.4. The number of nitrogens with zero attached hydrogens (tertiary/aromatic N) is 1. The Hall–Kier alpha value is -2.37. The molecule has 0 saturated carbocycles. The van der Waals surface area contributed by atoms with Crippen molar-refractivity contribution in [3.63, 3.8) is 0 Å². The number of furan rings is 1. The van der Waals surface area contributed by atoms with Gasteiger partial charge in [0.05, 0.1) is 12.0 Å². The van der Waals surface area contributed by atoms with Gasteiger partial charge in [0.1, 0.15) is 17.1 Å². The van der Waals surface area contributed by atoms with Gasteiger partial charge in [-0.2, -0.15) is 0 Å². The molecule has 2 rings (SSSR count). The van der Waals surface area contributed by atoms with E-state index in [0.29, 0.717) is 17.9 Å². The summed E-state index contributed by atoms with van der Waals surface area (Å²) in [5.74, 6) is 0.931. The zero-order chi connectivity index (χ0) is 17.2. The Bertz CT molecular complexity index is 739. The van der Waals surface area contributed by atoms with Crippen molar-refractivity contribution in [3.8, 4) is 0 Å². The molecule has 0 saturated heterocycles.